The third-order valence-corrected chi connectivity index (χ3v) is 4.42. The van der Waals surface area contributed by atoms with Crippen LogP contribution >= 0.6 is 11.8 Å². The quantitative estimate of drug-likeness (QED) is 0.490. The van der Waals surface area contributed by atoms with E-state index in [4.69, 9.17) is 0 Å². The minimum atomic E-state index is -0.731. The van der Waals surface area contributed by atoms with Crippen molar-refractivity contribution in [3.05, 3.63) is 50.5 Å². The van der Waals surface area contributed by atoms with Gasteiger partial charge in [0.15, 0.2) is 0 Å². The van der Waals surface area contributed by atoms with E-state index in [9.17, 15) is 25.0 Å². The molecule has 24 heavy (non-hydrogen) atoms. The lowest BCUT2D eigenvalue weighted by Crippen LogP contribution is -2.31. The van der Waals surface area contributed by atoms with E-state index in [1.807, 2.05) is 6.07 Å². The van der Waals surface area contributed by atoms with Crippen LogP contribution in [-0.2, 0) is 14.3 Å². The number of ether oxygens (including phenoxy) is 1. The number of nitrogens with one attached hydrogen (secondary N) is 1. The molecule has 0 saturated carbocycles. The molecule has 124 valence electrons. The number of nitro benzene ring substituents is 1. The van der Waals surface area contributed by atoms with Crippen molar-refractivity contribution >= 4 is 29.3 Å². The number of carbonyl (C=O) groups excluding carboxylic acids is 2. The molecular weight excluding hydrogens is 334 g/mol. The number of allylic oxidation sites excluding steroid dienone is 1. The molecule has 1 aromatic carbocycles. The summed E-state index contributed by atoms with van der Waals surface area (Å²) in [6, 6.07) is 8.00. The number of amides is 1. The number of nitrogens with zero attached hydrogens (tertiary/aromatic N) is 2. The Balaban J connectivity index is 2.45. The summed E-state index contributed by atoms with van der Waals surface area (Å²) in [6.07, 6.45) is -0.0734. The van der Waals surface area contributed by atoms with E-state index in [2.05, 4.69) is 10.1 Å². The summed E-state index contributed by atoms with van der Waals surface area (Å²) in [5, 5.41) is 23.5. The van der Waals surface area contributed by atoms with Gasteiger partial charge in [0.1, 0.15) is 0 Å². The summed E-state index contributed by atoms with van der Waals surface area (Å²) in [7, 11) is 1.23. The lowest BCUT2D eigenvalue weighted by atomic mass is 9.86. The van der Waals surface area contributed by atoms with E-state index in [0.717, 1.165) is 11.8 Å². The van der Waals surface area contributed by atoms with Gasteiger partial charge in [0, 0.05) is 24.0 Å². The van der Waals surface area contributed by atoms with E-state index >= 15 is 0 Å². The van der Waals surface area contributed by atoms with Gasteiger partial charge in [-0.3, -0.25) is 19.7 Å². The smallest absolute Gasteiger partial charge is 0.316 e. The van der Waals surface area contributed by atoms with Crippen LogP contribution in [0.2, 0.25) is 0 Å². The maximum Gasteiger partial charge on any atom is 0.316 e. The highest BCUT2D eigenvalue weighted by Crippen LogP contribution is 2.39. The molecule has 1 amide bonds. The number of para-hydroxylation sites is 1. The first-order chi connectivity index (χ1) is 11.5. The molecule has 0 fully saturated rings. The summed E-state index contributed by atoms with van der Waals surface area (Å²) < 4.78 is 4.53. The van der Waals surface area contributed by atoms with Crippen molar-refractivity contribution in [1.29, 1.82) is 5.26 Å². The zero-order valence-electron chi connectivity index (χ0n) is 12.6. The van der Waals surface area contributed by atoms with Gasteiger partial charge in [-0.15, -0.1) is 0 Å². The Hall–Kier alpha value is -2.86. The molecule has 1 atom stereocenters. The normalized spacial score (nSPS) is 17.0. The second-order valence-corrected chi connectivity index (χ2v) is 5.83. The minimum absolute atomic E-state index is 0.0734. The van der Waals surface area contributed by atoms with Gasteiger partial charge in [-0.25, -0.2) is 0 Å². The SMILES string of the molecule is COC(=O)CSC1=C(C#N)C(c2ccccc2[N+](=O)[O-])CC(=O)N1. The van der Waals surface area contributed by atoms with Crippen molar-refractivity contribution in [3.63, 3.8) is 0 Å². The fourth-order valence-electron chi connectivity index (χ4n) is 2.34. The Labute approximate surface area is 141 Å². The van der Waals surface area contributed by atoms with Crippen LogP contribution in [0.25, 0.3) is 0 Å². The third kappa shape index (κ3) is 3.72. The average molecular weight is 347 g/mol. The third-order valence-electron chi connectivity index (χ3n) is 3.43. The summed E-state index contributed by atoms with van der Waals surface area (Å²) in [5.74, 6) is -1.69. The number of thioether (sulfide) groups is 1. The first-order valence-electron chi connectivity index (χ1n) is 6.85. The molecule has 0 aromatic heterocycles. The molecule has 2 rings (SSSR count). The predicted octanol–water partition coefficient (Wildman–Crippen LogP) is 1.84. The lowest BCUT2D eigenvalue weighted by Gasteiger charge is -2.24. The van der Waals surface area contributed by atoms with Crippen molar-refractivity contribution in [3.8, 4) is 6.07 Å². The molecule has 1 aliphatic rings. The largest absolute Gasteiger partial charge is 0.468 e. The molecule has 1 N–H and O–H groups in total. The Kier molecular flexibility index (Phi) is 5.55. The highest BCUT2D eigenvalue weighted by Gasteiger charge is 2.33. The molecule has 1 heterocycles. The number of rotatable bonds is 5. The number of nitriles is 1. The molecule has 8 nitrogen and oxygen atoms in total. The van der Waals surface area contributed by atoms with E-state index in [1.165, 1.54) is 25.3 Å². The van der Waals surface area contributed by atoms with Crippen molar-refractivity contribution < 1.29 is 19.2 Å². The summed E-state index contributed by atoms with van der Waals surface area (Å²) >= 11 is 0.960. The Morgan fingerprint density at radius 3 is 2.88 bits per heavy atom. The van der Waals surface area contributed by atoms with Crippen LogP contribution in [0.3, 0.4) is 0 Å². The van der Waals surface area contributed by atoms with Crippen molar-refractivity contribution in [2.24, 2.45) is 0 Å². The fraction of sp³-hybridized carbons (Fsp3) is 0.267. The standard InChI is InChI=1S/C15H13N3O5S/c1-23-14(20)8-24-15-11(7-16)10(6-13(19)17-15)9-4-2-3-5-12(9)18(21)22/h2-5,10H,6,8H2,1H3,(H,17,19). The van der Waals surface area contributed by atoms with Crippen LogP contribution in [0.15, 0.2) is 34.9 Å². The molecule has 0 spiro atoms. The van der Waals surface area contributed by atoms with Gasteiger partial charge < -0.3 is 10.1 Å². The zero-order chi connectivity index (χ0) is 17.7. The lowest BCUT2D eigenvalue weighted by molar-refractivity contribution is -0.385. The minimum Gasteiger partial charge on any atom is -0.468 e. The van der Waals surface area contributed by atoms with Gasteiger partial charge in [-0.2, -0.15) is 5.26 Å². The Morgan fingerprint density at radius 2 is 2.25 bits per heavy atom. The first-order valence-corrected chi connectivity index (χ1v) is 7.83. The maximum absolute atomic E-state index is 12.0. The van der Waals surface area contributed by atoms with Crippen LogP contribution in [0.1, 0.15) is 17.9 Å². The average Bonchev–Trinajstić information content (AvgIpc) is 2.58. The molecule has 0 aliphatic carbocycles. The number of methoxy groups -OCH3 is 1. The second kappa shape index (κ2) is 7.61. The van der Waals surface area contributed by atoms with Gasteiger partial charge in [-0.05, 0) is 0 Å². The predicted molar refractivity (Wildman–Crippen MR) is 85.7 cm³/mol. The van der Waals surface area contributed by atoms with E-state index in [0.29, 0.717) is 5.56 Å². The molecule has 9 heteroatoms. The van der Waals surface area contributed by atoms with E-state index < -0.39 is 16.8 Å². The number of hydrogen-bond acceptors (Lipinski definition) is 7. The molecule has 0 radical (unpaired) electrons. The van der Waals surface area contributed by atoms with Crippen molar-refractivity contribution in [2.75, 3.05) is 12.9 Å². The summed E-state index contributed by atoms with van der Waals surface area (Å²) in [4.78, 5) is 33.9. The summed E-state index contributed by atoms with van der Waals surface area (Å²) in [5.41, 5.74) is 0.338. The topological polar surface area (TPSA) is 122 Å². The molecule has 1 aromatic rings. The molecular formula is C15H13N3O5S. The Bertz CT molecular complexity index is 769. The molecule has 0 saturated heterocycles. The van der Waals surface area contributed by atoms with Gasteiger partial charge in [0.2, 0.25) is 5.91 Å². The van der Waals surface area contributed by atoms with Gasteiger partial charge >= 0.3 is 5.97 Å². The molecule has 1 unspecified atom stereocenters. The molecule has 0 bridgehead atoms. The van der Waals surface area contributed by atoms with Crippen LogP contribution < -0.4 is 5.32 Å². The van der Waals surface area contributed by atoms with Crippen LogP contribution in [0.4, 0.5) is 5.69 Å². The van der Waals surface area contributed by atoms with Crippen molar-refractivity contribution in [1.82, 2.24) is 5.32 Å². The van der Waals surface area contributed by atoms with Gasteiger partial charge in [0.25, 0.3) is 5.69 Å². The van der Waals surface area contributed by atoms with E-state index in [1.54, 1.807) is 6.07 Å². The monoisotopic (exact) mass is 347 g/mol. The number of nitro groups is 1. The summed E-state index contributed by atoms with van der Waals surface area (Å²) in [6.45, 7) is 0. The molecule has 1 aliphatic heterocycles. The zero-order valence-corrected chi connectivity index (χ0v) is 13.5. The van der Waals surface area contributed by atoms with Crippen molar-refractivity contribution in [2.45, 2.75) is 12.3 Å². The van der Waals surface area contributed by atoms with Crippen LogP contribution in [0, 0.1) is 21.4 Å². The Morgan fingerprint density at radius 1 is 1.54 bits per heavy atom. The number of esters is 1. The first kappa shape index (κ1) is 17.5. The van der Waals surface area contributed by atoms with Gasteiger partial charge in [-0.1, -0.05) is 30.0 Å². The number of hydrogen-bond donors (Lipinski definition) is 1. The maximum atomic E-state index is 12.0. The number of benzene rings is 1. The highest BCUT2D eigenvalue weighted by atomic mass is 32.2. The number of carbonyl (C=O) groups is 2. The van der Waals surface area contributed by atoms with Crippen LogP contribution in [-0.4, -0.2) is 29.7 Å². The highest BCUT2D eigenvalue weighted by molar-refractivity contribution is 8.03. The van der Waals surface area contributed by atoms with Crippen LogP contribution in [0.5, 0.6) is 0 Å². The fourth-order valence-corrected chi connectivity index (χ4v) is 3.25. The van der Waals surface area contributed by atoms with Gasteiger partial charge in [0.05, 0.1) is 34.5 Å². The second-order valence-electron chi connectivity index (χ2n) is 4.84. The van der Waals surface area contributed by atoms with E-state index in [-0.39, 0.29) is 34.4 Å².